The molecule has 0 bridgehead atoms. The second kappa shape index (κ2) is 6.54. The van der Waals surface area contributed by atoms with Crippen LogP contribution in [0.1, 0.15) is 38.1 Å². The molecule has 21 heavy (non-hydrogen) atoms. The van der Waals surface area contributed by atoms with E-state index in [0.717, 1.165) is 16.0 Å². The van der Waals surface area contributed by atoms with E-state index in [-0.39, 0.29) is 12.5 Å². The summed E-state index contributed by atoms with van der Waals surface area (Å²) in [5, 5.41) is 13.2. The zero-order valence-corrected chi connectivity index (χ0v) is 14.1. The lowest BCUT2D eigenvalue weighted by Gasteiger charge is -2.30. The van der Waals surface area contributed by atoms with Crippen molar-refractivity contribution >= 4 is 21.7 Å². The topological polar surface area (TPSA) is 58.0 Å². The van der Waals surface area contributed by atoms with Crippen LogP contribution in [0.15, 0.2) is 41.0 Å². The first-order chi connectivity index (χ1) is 9.94. The molecule has 0 aliphatic carbocycles. The van der Waals surface area contributed by atoms with Crippen LogP contribution in [0.5, 0.6) is 0 Å². The van der Waals surface area contributed by atoms with Gasteiger partial charge in [-0.05, 0) is 28.4 Å². The summed E-state index contributed by atoms with van der Waals surface area (Å²) in [4.78, 5) is 8.89. The smallest absolute Gasteiger partial charge is 0.134 e. The lowest BCUT2D eigenvalue weighted by Crippen LogP contribution is -2.36. The minimum Gasteiger partial charge on any atom is -0.394 e. The van der Waals surface area contributed by atoms with Gasteiger partial charge in [-0.15, -0.1) is 0 Å². The minimum absolute atomic E-state index is 0.0321. The summed E-state index contributed by atoms with van der Waals surface area (Å²) in [7, 11) is 0. The van der Waals surface area contributed by atoms with Crippen LogP contribution < -0.4 is 5.32 Å². The van der Waals surface area contributed by atoms with Gasteiger partial charge >= 0.3 is 0 Å². The van der Waals surface area contributed by atoms with Gasteiger partial charge in [0, 0.05) is 12.0 Å². The highest BCUT2D eigenvalue weighted by Crippen LogP contribution is 2.26. The van der Waals surface area contributed by atoms with E-state index in [2.05, 4.69) is 31.2 Å². The first-order valence-corrected chi connectivity index (χ1v) is 7.73. The molecule has 1 aromatic heterocycles. The number of aliphatic hydroxyl groups is 1. The third-order valence-electron chi connectivity index (χ3n) is 3.36. The SMILES string of the molecule is CC(C)c1nc(Br)cc(NC(C)(CO)c2ccccc2)n1. The molecule has 2 N–H and O–H groups in total. The fourth-order valence-corrected chi connectivity index (χ4v) is 2.45. The molecule has 0 amide bonds. The van der Waals surface area contributed by atoms with Crippen LogP contribution in [0.3, 0.4) is 0 Å². The van der Waals surface area contributed by atoms with E-state index in [1.807, 2.05) is 57.2 Å². The molecule has 0 radical (unpaired) electrons. The maximum Gasteiger partial charge on any atom is 0.134 e. The highest BCUT2D eigenvalue weighted by molar-refractivity contribution is 9.10. The molecule has 0 aliphatic rings. The van der Waals surface area contributed by atoms with Crippen molar-refractivity contribution in [1.82, 2.24) is 9.97 Å². The highest BCUT2D eigenvalue weighted by atomic mass is 79.9. The van der Waals surface area contributed by atoms with Gasteiger partial charge in [0.2, 0.25) is 0 Å². The molecule has 0 saturated heterocycles. The predicted molar refractivity (Wildman–Crippen MR) is 88.3 cm³/mol. The largest absolute Gasteiger partial charge is 0.394 e. The first-order valence-electron chi connectivity index (χ1n) is 6.93. The maximum absolute atomic E-state index is 9.83. The molecular weight excluding hydrogens is 330 g/mol. The Morgan fingerprint density at radius 2 is 1.90 bits per heavy atom. The van der Waals surface area contributed by atoms with Crippen LogP contribution in [0.4, 0.5) is 5.82 Å². The van der Waals surface area contributed by atoms with Gasteiger partial charge in [-0.3, -0.25) is 0 Å². The first kappa shape index (κ1) is 15.9. The number of halogens is 1. The van der Waals surface area contributed by atoms with Crippen molar-refractivity contribution in [2.24, 2.45) is 0 Å². The van der Waals surface area contributed by atoms with E-state index in [0.29, 0.717) is 5.82 Å². The number of anilines is 1. The van der Waals surface area contributed by atoms with Crippen LogP contribution in [-0.2, 0) is 5.54 Å². The van der Waals surface area contributed by atoms with E-state index in [4.69, 9.17) is 0 Å². The molecule has 1 heterocycles. The summed E-state index contributed by atoms with van der Waals surface area (Å²) in [6, 6.07) is 11.7. The van der Waals surface area contributed by atoms with Gasteiger partial charge in [-0.25, -0.2) is 9.97 Å². The van der Waals surface area contributed by atoms with Crippen molar-refractivity contribution in [2.75, 3.05) is 11.9 Å². The predicted octanol–water partition coefficient (Wildman–Crippen LogP) is 3.68. The van der Waals surface area contributed by atoms with Gasteiger partial charge in [0.1, 0.15) is 16.2 Å². The molecular formula is C16H20BrN3O. The Morgan fingerprint density at radius 1 is 1.24 bits per heavy atom. The fraction of sp³-hybridized carbons (Fsp3) is 0.375. The molecule has 4 nitrogen and oxygen atoms in total. The monoisotopic (exact) mass is 349 g/mol. The summed E-state index contributed by atoms with van der Waals surface area (Å²) in [6.07, 6.45) is 0. The summed E-state index contributed by atoms with van der Waals surface area (Å²) in [5.74, 6) is 1.70. The van der Waals surface area contributed by atoms with E-state index in [9.17, 15) is 5.11 Å². The molecule has 2 aromatic rings. The van der Waals surface area contributed by atoms with Gasteiger partial charge < -0.3 is 10.4 Å². The summed E-state index contributed by atoms with van der Waals surface area (Å²) < 4.78 is 0.733. The van der Waals surface area contributed by atoms with Gasteiger partial charge in [-0.1, -0.05) is 44.2 Å². The molecule has 0 aliphatic heterocycles. The number of rotatable bonds is 5. The van der Waals surface area contributed by atoms with Gasteiger partial charge in [0.05, 0.1) is 12.1 Å². The van der Waals surface area contributed by atoms with Crippen molar-refractivity contribution in [2.45, 2.75) is 32.2 Å². The Kier molecular flexibility index (Phi) is 4.96. The van der Waals surface area contributed by atoms with Crippen molar-refractivity contribution in [3.05, 3.63) is 52.4 Å². The molecule has 112 valence electrons. The Morgan fingerprint density at radius 3 is 2.48 bits per heavy atom. The van der Waals surface area contributed by atoms with Gasteiger partial charge in [0.25, 0.3) is 0 Å². The van der Waals surface area contributed by atoms with Gasteiger partial charge in [0.15, 0.2) is 0 Å². The number of aromatic nitrogens is 2. The quantitative estimate of drug-likeness (QED) is 0.808. The molecule has 0 saturated carbocycles. The van der Waals surface area contributed by atoms with Crippen molar-refractivity contribution < 1.29 is 5.11 Å². The third kappa shape index (κ3) is 3.80. The molecule has 5 heteroatoms. The second-order valence-electron chi connectivity index (χ2n) is 5.57. The Bertz CT molecular complexity index is 604. The number of nitrogens with zero attached hydrogens (tertiary/aromatic N) is 2. The van der Waals surface area contributed by atoms with E-state index < -0.39 is 5.54 Å². The van der Waals surface area contributed by atoms with Crippen molar-refractivity contribution in [3.63, 3.8) is 0 Å². The second-order valence-corrected chi connectivity index (χ2v) is 6.38. The fourth-order valence-electron chi connectivity index (χ4n) is 2.05. The molecule has 1 aromatic carbocycles. The molecule has 1 unspecified atom stereocenters. The van der Waals surface area contributed by atoms with Crippen LogP contribution in [-0.4, -0.2) is 21.7 Å². The molecule has 0 spiro atoms. The lowest BCUT2D eigenvalue weighted by molar-refractivity contribution is 0.223. The third-order valence-corrected chi connectivity index (χ3v) is 3.77. The minimum atomic E-state index is -0.594. The van der Waals surface area contributed by atoms with Crippen LogP contribution >= 0.6 is 15.9 Å². The summed E-state index contributed by atoms with van der Waals surface area (Å²) in [6.45, 7) is 6.02. The normalized spacial score (nSPS) is 14.0. The highest BCUT2D eigenvalue weighted by Gasteiger charge is 2.26. The standard InChI is InChI=1S/C16H20BrN3O/c1-11(2)15-18-13(17)9-14(19-15)20-16(3,10-21)12-7-5-4-6-8-12/h4-9,11,21H,10H2,1-3H3,(H,18,19,20). The average Bonchev–Trinajstić information content (AvgIpc) is 2.47. The Hall–Kier alpha value is -1.46. The van der Waals surface area contributed by atoms with Crippen molar-refractivity contribution in [1.29, 1.82) is 0 Å². The zero-order valence-electron chi connectivity index (χ0n) is 12.5. The maximum atomic E-state index is 9.83. The summed E-state index contributed by atoms with van der Waals surface area (Å²) >= 11 is 3.41. The lowest BCUT2D eigenvalue weighted by atomic mass is 9.93. The van der Waals surface area contributed by atoms with Crippen LogP contribution in [0.25, 0.3) is 0 Å². The number of aliphatic hydroxyl groups excluding tert-OH is 1. The van der Waals surface area contributed by atoms with E-state index in [1.54, 1.807) is 0 Å². The number of nitrogens with one attached hydrogen (secondary N) is 1. The van der Waals surface area contributed by atoms with E-state index >= 15 is 0 Å². The van der Waals surface area contributed by atoms with E-state index in [1.165, 1.54) is 0 Å². The Balaban J connectivity index is 2.35. The number of benzene rings is 1. The van der Waals surface area contributed by atoms with Crippen LogP contribution in [0, 0.1) is 0 Å². The molecule has 1 atom stereocenters. The summed E-state index contributed by atoms with van der Waals surface area (Å²) in [5.41, 5.74) is 0.414. The molecule has 0 fully saturated rings. The van der Waals surface area contributed by atoms with Crippen molar-refractivity contribution in [3.8, 4) is 0 Å². The number of hydrogen-bond donors (Lipinski definition) is 2. The molecule has 2 rings (SSSR count). The number of hydrogen-bond acceptors (Lipinski definition) is 4. The average molecular weight is 350 g/mol. The Labute approximate surface area is 133 Å². The zero-order chi connectivity index (χ0) is 15.5. The van der Waals surface area contributed by atoms with Gasteiger partial charge in [-0.2, -0.15) is 0 Å². The van der Waals surface area contributed by atoms with Crippen LogP contribution in [0.2, 0.25) is 0 Å².